The van der Waals surface area contributed by atoms with Crippen molar-refractivity contribution in [3.63, 3.8) is 0 Å². The highest BCUT2D eigenvalue weighted by Gasteiger charge is 2.22. The van der Waals surface area contributed by atoms with Gasteiger partial charge in [-0.15, -0.1) is 0 Å². The van der Waals surface area contributed by atoms with Crippen molar-refractivity contribution < 1.29 is 4.74 Å². The Morgan fingerprint density at radius 3 is 2.55 bits per heavy atom. The van der Waals surface area contributed by atoms with Gasteiger partial charge >= 0.3 is 0 Å². The minimum Gasteiger partial charge on any atom is -0.377 e. The average Bonchev–Trinajstić information content (AvgIpc) is 2.33. The second-order valence-electron chi connectivity index (χ2n) is 6.49. The molecule has 0 amide bonds. The van der Waals surface area contributed by atoms with Gasteiger partial charge in [0.2, 0.25) is 5.95 Å². The fourth-order valence-electron chi connectivity index (χ4n) is 2.03. The zero-order chi connectivity index (χ0) is 14.8. The lowest BCUT2D eigenvalue weighted by atomic mass is 9.92. The summed E-state index contributed by atoms with van der Waals surface area (Å²) in [4.78, 5) is 11.5. The Bertz CT molecular complexity index is 452. The zero-order valence-corrected chi connectivity index (χ0v) is 13.2. The SMILES string of the molecule is CCCN(C)c1cc(C(C)(C)C)nc(NC2COC2)n1. The maximum atomic E-state index is 5.19. The highest BCUT2D eigenvalue weighted by molar-refractivity contribution is 5.46. The van der Waals surface area contributed by atoms with Crippen molar-refractivity contribution in [2.45, 2.75) is 45.6 Å². The molecule has 5 heteroatoms. The van der Waals surface area contributed by atoms with E-state index in [9.17, 15) is 0 Å². The molecule has 0 aromatic carbocycles. The highest BCUT2D eigenvalue weighted by Crippen LogP contribution is 2.25. The molecule has 5 nitrogen and oxygen atoms in total. The minimum atomic E-state index is 0.0112. The number of hydrogen-bond donors (Lipinski definition) is 1. The molecule has 0 atom stereocenters. The van der Waals surface area contributed by atoms with E-state index in [2.05, 4.69) is 61.0 Å². The summed E-state index contributed by atoms with van der Waals surface area (Å²) in [6.45, 7) is 11.2. The molecule has 2 rings (SSSR count). The number of nitrogens with zero attached hydrogens (tertiary/aromatic N) is 3. The minimum absolute atomic E-state index is 0.0112. The second kappa shape index (κ2) is 5.95. The van der Waals surface area contributed by atoms with Crippen LogP contribution >= 0.6 is 0 Å². The molecule has 0 spiro atoms. The van der Waals surface area contributed by atoms with E-state index in [1.807, 2.05) is 0 Å². The van der Waals surface area contributed by atoms with Gasteiger partial charge in [0, 0.05) is 25.1 Å². The zero-order valence-electron chi connectivity index (χ0n) is 13.2. The van der Waals surface area contributed by atoms with Crippen LogP contribution in [0.4, 0.5) is 11.8 Å². The number of ether oxygens (including phenoxy) is 1. The van der Waals surface area contributed by atoms with Gasteiger partial charge in [0.1, 0.15) is 5.82 Å². The molecule has 0 aliphatic carbocycles. The fourth-order valence-corrected chi connectivity index (χ4v) is 2.03. The first-order valence-electron chi connectivity index (χ1n) is 7.35. The summed E-state index contributed by atoms with van der Waals surface area (Å²) in [5.41, 5.74) is 1.07. The normalized spacial score (nSPS) is 15.8. The van der Waals surface area contributed by atoms with Crippen LogP contribution in [0.5, 0.6) is 0 Å². The van der Waals surface area contributed by atoms with Crippen molar-refractivity contribution in [1.29, 1.82) is 0 Å². The molecule has 1 aromatic rings. The number of nitrogens with one attached hydrogen (secondary N) is 1. The van der Waals surface area contributed by atoms with Crippen molar-refractivity contribution in [2.24, 2.45) is 0 Å². The van der Waals surface area contributed by atoms with Gasteiger partial charge in [-0.25, -0.2) is 4.98 Å². The summed E-state index contributed by atoms with van der Waals surface area (Å²) < 4.78 is 5.19. The maximum Gasteiger partial charge on any atom is 0.225 e. The number of anilines is 2. The third-order valence-corrected chi connectivity index (χ3v) is 3.40. The molecule has 0 radical (unpaired) electrons. The van der Waals surface area contributed by atoms with Crippen LogP contribution in [-0.4, -0.2) is 42.8 Å². The number of hydrogen-bond acceptors (Lipinski definition) is 5. The van der Waals surface area contributed by atoms with Crippen molar-refractivity contribution in [2.75, 3.05) is 37.0 Å². The topological polar surface area (TPSA) is 50.3 Å². The first-order chi connectivity index (χ1) is 9.40. The molecule has 1 aromatic heterocycles. The lowest BCUT2D eigenvalue weighted by Crippen LogP contribution is -2.41. The van der Waals surface area contributed by atoms with Gasteiger partial charge in [0.05, 0.1) is 24.9 Å². The summed E-state index contributed by atoms with van der Waals surface area (Å²) in [5, 5.41) is 3.35. The fraction of sp³-hybridized carbons (Fsp3) is 0.733. The molecule has 1 aliphatic rings. The summed E-state index contributed by atoms with van der Waals surface area (Å²) >= 11 is 0. The predicted molar refractivity (Wildman–Crippen MR) is 82.5 cm³/mol. The van der Waals surface area contributed by atoms with Crippen LogP contribution in [0.25, 0.3) is 0 Å². The van der Waals surface area contributed by atoms with Gasteiger partial charge in [0.15, 0.2) is 0 Å². The van der Waals surface area contributed by atoms with Crippen molar-refractivity contribution >= 4 is 11.8 Å². The van der Waals surface area contributed by atoms with Gasteiger partial charge < -0.3 is 15.0 Å². The van der Waals surface area contributed by atoms with Crippen LogP contribution < -0.4 is 10.2 Å². The molecule has 1 fully saturated rings. The molecule has 1 N–H and O–H groups in total. The van der Waals surface area contributed by atoms with E-state index >= 15 is 0 Å². The monoisotopic (exact) mass is 278 g/mol. The van der Waals surface area contributed by atoms with E-state index in [4.69, 9.17) is 4.74 Å². The molecule has 0 unspecified atom stereocenters. The van der Waals surface area contributed by atoms with Crippen LogP contribution in [0.3, 0.4) is 0 Å². The van der Waals surface area contributed by atoms with Crippen molar-refractivity contribution in [3.05, 3.63) is 11.8 Å². The Labute approximate surface area is 121 Å². The van der Waals surface area contributed by atoms with E-state index < -0.39 is 0 Å². The second-order valence-corrected chi connectivity index (χ2v) is 6.49. The third kappa shape index (κ3) is 3.60. The van der Waals surface area contributed by atoms with Crippen LogP contribution in [0.1, 0.15) is 39.8 Å². The molecule has 1 saturated heterocycles. The molecule has 20 heavy (non-hydrogen) atoms. The lowest BCUT2D eigenvalue weighted by molar-refractivity contribution is 0.0207. The number of aromatic nitrogens is 2. The smallest absolute Gasteiger partial charge is 0.225 e. The molecule has 2 heterocycles. The van der Waals surface area contributed by atoms with E-state index in [0.29, 0.717) is 12.0 Å². The Balaban J connectivity index is 2.27. The standard InChI is InChI=1S/C15H26N4O/c1-6-7-19(5)13-8-12(15(2,3)4)17-14(18-13)16-11-9-20-10-11/h8,11H,6-7,9-10H2,1-5H3,(H,16,17,18). The lowest BCUT2D eigenvalue weighted by Gasteiger charge is -2.28. The van der Waals surface area contributed by atoms with Gasteiger partial charge in [-0.2, -0.15) is 4.98 Å². The highest BCUT2D eigenvalue weighted by atomic mass is 16.5. The van der Waals surface area contributed by atoms with E-state index in [1.165, 1.54) is 0 Å². The van der Waals surface area contributed by atoms with Crippen LogP contribution in [-0.2, 0) is 10.2 Å². The average molecular weight is 278 g/mol. The maximum absolute atomic E-state index is 5.19. The largest absolute Gasteiger partial charge is 0.377 e. The number of rotatable bonds is 5. The quantitative estimate of drug-likeness (QED) is 0.896. The summed E-state index contributed by atoms with van der Waals surface area (Å²) in [7, 11) is 2.08. The molecule has 0 bridgehead atoms. The van der Waals surface area contributed by atoms with Crippen molar-refractivity contribution in [3.8, 4) is 0 Å². The molecular formula is C15H26N4O. The molecular weight excluding hydrogens is 252 g/mol. The van der Waals surface area contributed by atoms with E-state index in [1.54, 1.807) is 0 Å². The van der Waals surface area contributed by atoms with Gasteiger partial charge in [-0.1, -0.05) is 27.7 Å². The van der Waals surface area contributed by atoms with Gasteiger partial charge in [-0.05, 0) is 6.42 Å². The molecule has 112 valence electrons. The summed E-state index contributed by atoms with van der Waals surface area (Å²) in [6.07, 6.45) is 1.10. The predicted octanol–water partition coefficient (Wildman–Crippen LogP) is 2.43. The first-order valence-corrected chi connectivity index (χ1v) is 7.35. The summed E-state index contributed by atoms with van der Waals surface area (Å²) in [6, 6.07) is 2.44. The van der Waals surface area contributed by atoms with Gasteiger partial charge in [0.25, 0.3) is 0 Å². The first kappa shape index (κ1) is 15.0. The summed E-state index contributed by atoms with van der Waals surface area (Å²) in [5.74, 6) is 1.69. The molecule has 0 saturated carbocycles. The van der Waals surface area contributed by atoms with Crippen molar-refractivity contribution in [1.82, 2.24) is 9.97 Å². The molecule has 1 aliphatic heterocycles. The van der Waals surface area contributed by atoms with Crippen LogP contribution in [0.15, 0.2) is 6.07 Å². The van der Waals surface area contributed by atoms with E-state index in [0.717, 1.165) is 37.7 Å². The van der Waals surface area contributed by atoms with Crippen LogP contribution in [0.2, 0.25) is 0 Å². The third-order valence-electron chi connectivity index (χ3n) is 3.40. The Hall–Kier alpha value is -1.36. The van der Waals surface area contributed by atoms with Gasteiger partial charge in [-0.3, -0.25) is 0 Å². The Morgan fingerprint density at radius 1 is 1.35 bits per heavy atom. The van der Waals surface area contributed by atoms with Crippen LogP contribution in [0, 0.1) is 0 Å². The Kier molecular flexibility index (Phi) is 4.48. The van der Waals surface area contributed by atoms with E-state index in [-0.39, 0.29) is 5.41 Å². The Morgan fingerprint density at radius 2 is 2.05 bits per heavy atom.